The van der Waals surface area contributed by atoms with Crippen molar-refractivity contribution in [3.63, 3.8) is 0 Å². The molecule has 2 aromatic carbocycles. The molecule has 1 aliphatic heterocycles. The number of fused-ring (bicyclic) bond motifs is 1. The van der Waals surface area contributed by atoms with Crippen molar-refractivity contribution in [3.8, 4) is 17.2 Å². The number of ether oxygens (including phenoxy) is 2. The minimum Gasteiger partial charge on any atom is -0.483 e. The fourth-order valence-electron chi connectivity index (χ4n) is 2.51. The minimum atomic E-state index is -0.191. The number of aliphatic hydroxyl groups is 1. The third-order valence-corrected chi connectivity index (χ3v) is 4.22. The third kappa shape index (κ3) is 2.92. The van der Waals surface area contributed by atoms with Crippen molar-refractivity contribution >= 4 is 15.9 Å². The summed E-state index contributed by atoms with van der Waals surface area (Å²) in [6, 6.07) is 11.5. The number of rotatable bonds is 3. The predicted octanol–water partition coefficient (Wildman–Crippen LogP) is 4.45. The van der Waals surface area contributed by atoms with Crippen LogP contribution in [0.25, 0.3) is 0 Å². The summed E-state index contributed by atoms with van der Waals surface area (Å²) in [5.41, 5.74) is 1.81. The Bertz CT molecular complexity index is 680. The molecule has 1 aliphatic rings. The lowest BCUT2D eigenvalue weighted by molar-refractivity contribution is 0.135. The van der Waals surface area contributed by atoms with Gasteiger partial charge in [-0.15, -0.1) is 0 Å². The summed E-state index contributed by atoms with van der Waals surface area (Å²) in [5.74, 6) is 2.26. The predicted molar refractivity (Wildman–Crippen MR) is 85.0 cm³/mol. The molecule has 0 saturated carbocycles. The maximum atomic E-state index is 9.19. The minimum absolute atomic E-state index is 0.00109. The molecular formula is C17H17BrO3. The van der Waals surface area contributed by atoms with Crippen molar-refractivity contribution < 1.29 is 14.6 Å². The normalized spacial score (nSPS) is 15.4. The Morgan fingerprint density at radius 1 is 1.29 bits per heavy atom. The van der Waals surface area contributed by atoms with Gasteiger partial charge in [-0.2, -0.15) is 0 Å². The molecular weight excluding hydrogens is 332 g/mol. The number of hydrogen-bond acceptors (Lipinski definition) is 3. The van der Waals surface area contributed by atoms with Crippen LogP contribution in [0.4, 0.5) is 0 Å². The monoisotopic (exact) mass is 348 g/mol. The molecule has 3 nitrogen and oxygen atoms in total. The topological polar surface area (TPSA) is 38.7 Å². The van der Waals surface area contributed by atoms with E-state index in [0.717, 1.165) is 28.0 Å². The Balaban J connectivity index is 1.90. The van der Waals surface area contributed by atoms with Gasteiger partial charge in [-0.1, -0.05) is 34.1 Å². The zero-order valence-electron chi connectivity index (χ0n) is 12.0. The summed E-state index contributed by atoms with van der Waals surface area (Å²) in [4.78, 5) is 0. The van der Waals surface area contributed by atoms with Crippen molar-refractivity contribution in [2.24, 2.45) is 0 Å². The molecule has 0 atom stereocenters. The number of hydrogen-bond donors (Lipinski definition) is 1. The van der Waals surface area contributed by atoms with E-state index < -0.39 is 0 Å². The molecule has 21 heavy (non-hydrogen) atoms. The van der Waals surface area contributed by atoms with Gasteiger partial charge in [-0.3, -0.25) is 0 Å². The van der Waals surface area contributed by atoms with Gasteiger partial charge in [-0.05, 0) is 37.6 Å². The van der Waals surface area contributed by atoms with Gasteiger partial charge < -0.3 is 14.6 Å². The fourth-order valence-corrected chi connectivity index (χ4v) is 3.00. The first-order chi connectivity index (χ1) is 9.98. The van der Waals surface area contributed by atoms with E-state index in [2.05, 4.69) is 35.8 Å². The Kier molecular flexibility index (Phi) is 3.68. The quantitative estimate of drug-likeness (QED) is 0.890. The average molecular weight is 349 g/mol. The molecule has 1 heterocycles. The van der Waals surface area contributed by atoms with Crippen LogP contribution in [0.3, 0.4) is 0 Å². The molecule has 0 saturated heterocycles. The summed E-state index contributed by atoms with van der Waals surface area (Å²) >= 11 is 3.43. The van der Waals surface area contributed by atoms with Crippen LogP contribution in [0, 0.1) is 0 Å². The van der Waals surface area contributed by atoms with Gasteiger partial charge in [0.2, 0.25) is 0 Å². The van der Waals surface area contributed by atoms with Crippen LogP contribution in [0.2, 0.25) is 0 Å². The SMILES string of the molecule is CC1(C)Cc2cccc(Oc3ccc(CO)c(Br)c3)c2O1. The van der Waals surface area contributed by atoms with E-state index in [4.69, 9.17) is 9.47 Å². The van der Waals surface area contributed by atoms with Crippen LogP contribution in [-0.4, -0.2) is 10.7 Å². The van der Waals surface area contributed by atoms with Gasteiger partial charge in [0.1, 0.15) is 11.4 Å². The van der Waals surface area contributed by atoms with Crippen molar-refractivity contribution in [1.29, 1.82) is 0 Å². The van der Waals surface area contributed by atoms with Crippen molar-refractivity contribution in [2.45, 2.75) is 32.5 Å². The molecule has 0 bridgehead atoms. The Hall–Kier alpha value is -1.52. The highest BCUT2D eigenvalue weighted by atomic mass is 79.9. The third-order valence-electron chi connectivity index (χ3n) is 3.48. The zero-order valence-corrected chi connectivity index (χ0v) is 13.6. The van der Waals surface area contributed by atoms with Crippen molar-refractivity contribution in [3.05, 3.63) is 52.0 Å². The second-order valence-electron chi connectivity index (χ2n) is 5.80. The highest BCUT2D eigenvalue weighted by Gasteiger charge is 2.32. The van der Waals surface area contributed by atoms with Gasteiger partial charge in [0.15, 0.2) is 11.5 Å². The molecule has 4 heteroatoms. The zero-order chi connectivity index (χ0) is 15.0. The molecule has 0 radical (unpaired) electrons. The van der Waals surface area contributed by atoms with E-state index in [9.17, 15) is 5.11 Å². The van der Waals surface area contributed by atoms with Gasteiger partial charge in [0.25, 0.3) is 0 Å². The Labute approximate surface area is 132 Å². The average Bonchev–Trinajstić information content (AvgIpc) is 2.74. The van der Waals surface area contributed by atoms with E-state index in [1.807, 2.05) is 30.3 Å². The van der Waals surface area contributed by atoms with Crippen LogP contribution >= 0.6 is 15.9 Å². The largest absolute Gasteiger partial charge is 0.483 e. The highest BCUT2D eigenvalue weighted by molar-refractivity contribution is 9.10. The lowest BCUT2D eigenvalue weighted by Crippen LogP contribution is -2.24. The molecule has 3 rings (SSSR count). The van der Waals surface area contributed by atoms with E-state index in [1.165, 1.54) is 5.56 Å². The van der Waals surface area contributed by atoms with Crippen LogP contribution in [-0.2, 0) is 13.0 Å². The lowest BCUT2D eigenvalue weighted by Gasteiger charge is -2.18. The molecule has 0 spiro atoms. The summed E-state index contributed by atoms with van der Waals surface area (Å²) in [6.45, 7) is 4.14. The van der Waals surface area contributed by atoms with Gasteiger partial charge in [-0.25, -0.2) is 0 Å². The maximum absolute atomic E-state index is 9.19. The molecule has 110 valence electrons. The van der Waals surface area contributed by atoms with Crippen LogP contribution in [0.1, 0.15) is 25.0 Å². The second-order valence-corrected chi connectivity index (χ2v) is 6.65. The van der Waals surface area contributed by atoms with Crippen molar-refractivity contribution in [2.75, 3.05) is 0 Å². The molecule has 0 aliphatic carbocycles. The smallest absolute Gasteiger partial charge is 0.169 e. The number of para-hydroxylation sites is 1. The van der Waals surface area contributed by atoms with Crippen LogP contribution in [0.5, 0.6) is 17.2 Å². The van der Waals surface area contributed by atoms with Crippen molar-refractivity contribution in [1.82, 2.24) is 0 Å². The first kappa shape index (κ1) is 14.4. The Morgan fingerprint density at radius 3 is 2.81 bits per heavy atom. The highest BCUT2D eigenvalue weighted by Crippen LogP contribution is 2.43. The van der Waals surface area contributed by atoms with Crippen LogP contribution < -0.4 is 9.47 Å². The van der Waals surface area contributed by atoms with E-state index in [1.54, 1.807) is 0 Å². The first-order valence-corrected chi connectivity index (χ1v) is 7.66. The second kappa shape index (κ2) is 5.35. The summed E-state index contributed by atoms with van der Waals surface area (Å²) < 4.78 is 12.8. The molecule has 0 fully saturated rings. The fraction of sp³-hybridized carbons (Fsp3) is 0.294. The number of halogens is 1. The molecule has 0 unspecified atom stereocenters. The summed E-state index contributed by atoms with van der Waals surface area (Å²) in [7, 11) is 0. The van der Waals surface area contributed by atoms with Gasteiger partial charge in [0, 0.05) is 16.5 Å². The van der Waals surface area contributed by atoms with Gasteiger partial charge in [0.05, 0.1) is 6.61 Å². The Morgan fingerprint density at radius 2 is 2.10 bits per heavy atom. The summed E-state index contributed by atoms with van der Waals surface area (Å²) in [5, 5.41) is 9.19. The summed E-state index contributed by atoms with van der Waals surface area (Å²) in [6.07, 6.45) is 0.882. The molecule has 1 N–H and O–H groups in total. The molecule has 2 aromatic rings. The van der Waals surface area contributed by atoms with E-state index in [0.29, 0.717) is 5.75 Å². The molecule has 0 aromatic heterocycles. The lowest BCUT2D eigenvalue weighted by atomic mass is 10.0. The molecule has 0 amide bonds. The van der Waals surface area contributed by atoms with E-state index in [-0.39, 0.29) is 12.2 Å². The standard InChI is InChI=1S/C17H17BrO3/c1-17(2)9-11-4-3-5-15(16(11)21-17)20-13-7-6-12(10-19)14(18)8-13/h3-8,19H,9-10H2,1-2H3. The number of aliphatic hydroxyl groups excluding tert-OH is 1. The maximum Gasteiger partial charge on any atom is 0.169 e. The van der Waals surface area contributed by atoms with Gasteiger partial charge >= 0.3 is 0 Å². The number of benzene rings is 2. The van der Waals surface area contributed by atoms with Crippen LogP contribution in [0.15, 0.2) is 40.9 Å². The van der Waals surface area contributed by atoms with E-state index >= 15 is 0 Å². The first-order valence-electron chi connectivity index (χ1n) is 6.86.